The van der Waals surface area contributed by atoms with Gasteiger partial charge in [0.15, 0.2) is 5.96 Å². The van der Waals surface area contributed by atoms with E-state index in [1.54, 1.807) is 7.05 Å². The van der Waals surface area contributed by atoms with Gasteiger partial charge in [0.05, 0.1) is 13.1 Å². The lowest BCUT2D eigenvalue weighted by Gasteiger charge is -2.21. The van der Waals surface area contributed by atoms with Crippen molar-refractivity contribution in [1.82, 2.24) is 16.0 Å². The van der Waals surface area contributed by atoms with Gasteiger partial charge in [-0.05, 0) is 20.8 Å². The van der Waals surface area contributed by atoms with E-state index in [0.717, 1.165) is 0 Å². The summed E-state index contributed by atoms with van der Waals surface area (Å²) in [4.78, 5) is 15.4. The van der Waals surface area contributed by atoms with Crippen LogP contribution < -0.4 is 16.0 Å². The van der Waals surface area contributed by atoms with Crippen LogP contribution in [0.1, 0.15) is 20.8 Å². The maximum absolute atomic E-state index is 11.5. The number of nitrogens with one attached hydrogen (secondary N) is 3. The molecule has 0 bridgehead atoms. The van der Waals surface area contributed by atoms with E-state index in [2.05, 4.69) is 26.9 Å². The molecule has 3 N–H and O–H groups in total. The van der Waals surface area contributed by atoms with Gasteiger partial charge in [-0.1, -0.05) is 5.92 Å². The highest BCUT2D eigenvalue weighted by molar-refractivity contribution is 14.0. The number of halogens is 1. The van der Waals surface area contributed by atoms with Crippen LogP contribution in [0.4, 0.5) is 0 Å². The molecule has 0 saturated carbocycles. The van der Waals surface area contributed by atoms with Gasteiger partial charge in [-0.3, -0.25) is 9.79 Å². The monoisotopic (exact) mass is 352 g/mol. The van der Waals surface area contributed by atoms with E-state index >= 15 is 0 Å². The molecule has 17 heavy (non-hydrogen) atoms. The summed E-state index contributed by atoms with van der Waals surface area (Å²) in [5, 5.41) is 8.55. The van der Waals surface area contributed by atoms with Gasteiger partial charge in [0.1, 0.15) is 0 Å². The summed E-state index contributed by atoms with van der Waals surface area (Å²) in [5.74, 6) is 2.85. The number of guanidine groups is 1. The molecular weight excluding hydrogens is 331 g/mol. The summed E-state index contributed by atoms with van der Waals surface area (Å²) in [6.07, 6.45) is 5.10. The minimum absolute atomic E-state index is 0. The van der Waals surface area contributed by atoms with Crippen LogP contribution in [0.15, 0.2) is 4.99 Å². The van der Waals surface area contributed by atoms with E-state index < -0.39 is 0 Å². The van der Waals surface area contributed by atoms with Crippen molar-refractivity contribution in [2.24, 2.45) is 4.99 Å². The Morgan fingerprint density at radius 3 is 2.35 bits per heavy atom. The molecule has 0 aromatic carbocycles. The van der Waals surface area contributed by atoms with Crippen LogP contribution in [0.25, 0.3) is 0 Å². The quantitative estimate of drug-likeness (QED) is 0.297. The van der Waals surface area contributed by atoms with E-state index in [0.29, 0.717) is 12.5 Å². The van der Waals surface area contributed by atoms with Crippen LogP contribution in [0.2, 0.25) is 0 Å². The Hall–Kier alpha value is -0.970. The number of hydrogen-bond donors (Lipinski definition) is 3. The van der Waals surface area contributed by atoms with Crippen molar-refractivity contribution in [2.45, 2.75) is 26.3 Å². The van der Waals surface area contributed by atoms with E-state index in [1.807, 2.05) is 20.8 Å². The van der Waals surface area contributed by atoms with Crippen LogP contribution in [0.3, 0.4) is 0 Å². The number of rotatable bonds is 3. The maximum atomic E-state index is 11.5. The molecule has 0 heterocycles. The lowest BCUT2D eigenvalue weighted by atomic mass is 10.1. The van der Waals surface area contributed by atoms with E-state index in [1.165, 1.54) is 0 Å². The molecule has 0 aliphatic rings. The normalized spacial score (nSPS) is 10.9. The Labute approximate surface area is 120 Å². The highest BCUT2D eigenvalue weighted by Crippen LogP contribution is 1.96. The van der Waals surface area contributed by atoms with Crippen LogP contribution in [0.5, 0.6) is 0 Å². The highest BCUT2D eigenvalue weighted by atomic mass is 127. The third-order valence-electron chi connectivity index (χ3n) is 1.51. The second-order valence-corrected chi connectivity index (χ2v) is 4.28. The summed E-state index contributed by atoms with van der Waals surface area (Å²) in [6, 6.07) is 0. The molecule has 0 fully saturated rings. The van der Waals surface area contributed by atoms with E-state index in [4.69, 9.17) is 6.42 Å². The highest BCUT2D eigenvalue weighted by Gasteiger charge is 2.13. The second-order valence-electron chi connectivity index (χ2n) is 4.28. The molecule has 5 nitrogen and oxygen atoms in total. The van der Waals surface area contributed by atoms with Gasteiger partial charge >= 0.3 is 0 Å². The van der Waals surface area contributed by atoms with Crippen molar-refractivity contribution in [3.8, 4) is 12.3 Å². The Bertz CT molecular complexity index is 302. The largest absolute Gasteiger partial charge is 0.350 e. The number of carbonyl (C=O) groups excluding carboxylic acids is 1. The van der Waals surface area contributed by atoms with Crippen molar-refractivity contribution in [1.29, 1.82) is 0 Å². The second kappa shape index (κ2) is 9.10. The SMILES string of the molecule is C#CCNC(=NC)NCC(=O)NC(C)(C)C.I. The van der Waals surface area contributed by atoms with Gasteiger partial charge in [-0.2, -0.15) is 0 Å². The van der Waals surface area contributed by atoms with Gasteiger partial charge < -0.3 is 16.0 Å². The Morgan fingerprint density at radius 1 is 1.35 bits per heavy atom. The Kier molecular flexibility index (Phi) is 9.85. The number of carbonyl (C=O) groups is 1. The smallest absolute Gasteiger partial charge is 0.239 e. The first-order chi connectivity index (χ1) is 7.39. The van der Waals surface area contributed by atoms with Crippen molar-refractivity contribution in [3.63, 3.8) is 0 Å². The molecule has 0 unspecified atom stereocenters. The van der Waals surface area contributed by atoms with Crippen LogP contribution in [-0.4, -0.2) is 37.5 Å². The molecule has 1 amide bonds. The predicted octanol–water partition coefficient (Wildman–Crippen LogP) is 0.317. The number of amides is 1. The van der Waals surface area contributed by atoms with Gasteiger partial charge in [0, 0.05) is 12.6 Å². The summed E-state index contributed by atoms with van der Waals surface area (Å²) in [7, 11) is 1.62. The molecule has 0 radical (unpaired) electrons. The third-order valence-corrected chi connectivity index (χ3v) is 1.51. The Balaban J connectivity index is 0. The minimum atomic E-state index is -0.228. The first-order valence-electron chi connectivity index (χ1n) is 5.08. The van der Waals surface area contributed by atoms with E-state index in [-0.39, 0.29) is 42.0 Å². The first kappa shape index (κ1) is 18.4. The van der Waals surface area contributed by atoms with Crippen molar-refractivity contribution in [3.05, 3.63) is 0 Å². The maximum Gasteiger partial charge on any atom is 0.239 e. The lowest BCUT2D eigenvalue weighted by molar-refractivity contribution is -0.121. The molecule has 98 valence electrons. The standard InChI is InChI=1S/C11H20N4O.HI/c1-6-7-13-10(12-5)14-8-9(16)15-11(2,3)4;/h1H,7-8H2,2-5H3,(H,15,16)(H2,12,13,14);1H. The molecule has 0 spiro atoms. The van der Waals surface area contributed by atoms with Crippen molar-refractivity contribution in [2.75, 3.05) is 20.1 Å². The van der Waals surface area contributed by atoms with Gasteiger partial charge in [-0.15, -0.1) is 30.4 Å². The van der Waals surface area contributed by atoms with Crippen LogP contribution in [0, 0.1) is 12.3 Å². The number of terminal acetylenes is 1. The zero-order valence-corrected chi connectivity index (χ0v) is 13.1. The van der Waals surface area contributed by atoms with Gasteiger partial charge in [0.2, 0.25) is 5.91 Å². The molecule has 0 saturated heterocycles. The summed E-state index contributed by atoms with van der Waals surface area (Å²) in [5.41, 5.74) is -0.228. The molecule has 6 heteroatoms. The molecular formula is C11H21IN4O. The van der Waals surface area contributed by atoms with Gasteiger partial charge in [-0.25, -0.2) is 0 Å². The average Bonchev–Trinajstić information content (AvgIpc) is 2.15. The third kappa shape index (κ3) is 11.3. The summed E-state index contributed by atoms with van der Waals surface area (Å²) >= 11 is 0. The van der Waals surface area contributed by atoms with Gasteiger partial charge in [0.25, 0.3) is 0 Å². The van der Waals surface area contributed by atoms with Crippen LogP contribution >= 0.6 is 24.0 Å². The number of nitrogens with zero attached hydrogens (tertiary/aromatic N) is 1. The molecule has 0 aliphatic carbocycles. The van der Waals surface area contributed by atoms with Crippen LogP contribution in [-0.2, 0) is 4.79 Å². The predicted molar refractivity (Wildman–Crippen MR) is 81.5 cm³/mol. The fraction of sp³-hybridized carbons (Fsp3) is 0.636. The number of hydrogen-bond acceptors (Lipinski definition) is 2. The zero-order valence-electron chi connectivity index (χ0n) is 10.8. The fourth-order valence-electron chi connectivity index (χ4n) is 0.982. The molecule has 0 rings (SSSR count). The molecule has 0 atom stereocenters. The number of aliphatic imine (C=N–C) groups is 1. The first-order valence-corrected chi connectivity index (χ1v) is 5.08. The average molecular weight is 352 g/mol. The zero-order chi connectivity index (χ0) is 12.6. The summed E-state index contributed by atoms with van der Waals surface area (Å²) in [6.45, 7) is 6.32. The summed E-state index contributed by atoms with van der Waals surface area (Å²) < 4.78 is 0. The molecule has 0 aromatic rings. The Morgan fingerprint density at radius 2 is 1.94 bits per heavy atom. The van der Waals surface area contributed by atoms with E-state index in [9.17, 15) is 4.79 Å². The topological polar surface area (TPSA) is 65.5 Å². The van der Waals surface area contributed by atoms with Crippen molar-refractivity contribution >= 4 is 35.8 Å². The molecule has 0 aliphatic heterocycles. The lowest BCUT2D eigenvalue weighted by Crippen LogP contribution is -2.48. The minimum Gasteiger partial charge on any atom is -0.350 e. The molecule has 0 aromatic heterocycles. The van der Waals surface area contributed by atoms with Crippen molar-refractivity contribution < 1.29 is 4.79 Å². The fourth-order valence-corrected chi connectivity index (χ4v) is 0.982.